The largest absolute Gasteiger partial charge is 0.487 e. The van der Waals surface area contributed by atoms with Gasteiger partial charge in [-0.15, -0.1) is 0 Å². The summed E-state index contributed by atoms with van der Waals surface area (Å²) >= 11 is 3.48. The molecule has 0 bridgehead atoms. The van der Waals surface area contributed by atoms with E-state index in [9.17, 15) is 0 Å². The minimum absolute atomic E-state index is 0.0524. The molecule has 1 saturated heterocycles. The second-order valence-electron chi connectivity index (χ2n) is 5.41. The normalized spacial score (nSPS) is 35.1. The second-order valence-corrected chi connectivity index (χ2v) is 6.33. The molecule has 1 aromatic carbocycles. The van der Waals surface area contributed by atoms with Crippen LogP contribution in [-0.2, 0) is 4.74 Å². The fourth-order valence-corrected chi connectivity index (χ4v) is 3.48. The Hall–Kier alpha value is -0.580. The first kappa shape index (κ1) is 12.5. The first-order valence-corrected chi connectivity index (χ1v) is 7.23. The first-order chi connectivity index (χ1) is 8.58. The van der Waals surface area contributed by atoms with Crippen molar-refractivity contribution in [3.05, 3.63) is 28.2 Å². The van der Waals surface area contributed by atoms with Gasteiger partial charge in [0.25, 0.3) is 0 Å². The van der Waals surface area contributed by atoms with Gasteiger partial charge in [-0.2, -0.15) is 0 Å². The van der Waals surface area contributed by atoms with E-state index in [1.165, 1.54) is 0 Å². The Kier molecular flexibility index (Phi) is 3.12. The lowest BCUT2D eigenvalue weighted by atomic mass is 9.80. The lowest BCUT2D eigenvalue weighted by Gasteiger charge is -2.45. The summed E-state index contributed by atoms with van der Waals surface area (Å²) < 4.78 is 12.9. The van der Waals surface area contributed by atoms with Crippen LogP contribution in [0.3, 0.4) is 0 Å². The maximum atomic E-state index is 6.32. The van der Waals surface area contributed by atoms with E-state index in [-0.39, 0.29) is 17.7 Å². The van der Waals surface area contributed by atoms with Gasteiger partial charge in [0.05, 0.1) is 12.7 Å². The summed E-state index contributed by atoms with van der Waals surface area (Å²) in [6.45, 7) is 2.87. The molecule has 18 heavy (non-hydrogen) atoms. The van der Waals surface area contributed by atoms with Gasteiger partial charge >= 0.3 is 0 Å². The lowest BCUT2D eigenvalue weighted by Crippen LogP contribution is -2.49. The van der Waals surface area contributed by atoms with Crippen molar-refractivity contribution in [1.29, 1.82) is 0 Å². The highest BCUT2D eigenvalue weighted by molar-refractivity contribution is 9.10. The summed E-state index contributed by atoms with van der Waals surface area (Å²) in [5, 5.41) is 0. The Labute approximate surface area is 116 Å². The van der Waals surface area contributed by atoms with Crippen LogP contribution < -0.4 is 10.5 Å². The summed E-state index contributed by atoms with van der Waals surface area (Å²) in [4.78, 5) is 0. The van der Waals surface area contributed by atoms with Crippen molar-refractivity contribution in [1.82, 2.24) is 0 Å². The molecule has 3 atom stereocenters. The zero-order valence-corrected chi connectivity index (χ0v) is 12.1. The predicted molar refractivity (Wildman–Crippen MR) is 73.7 cm³/mol. The Morgan fingerprint density at radius 3 is 3.00 bits per heavy atom. The van der Waals surface area contributed by atoms with Gasteiger partial charge in [-0.1, -0.05) is 15.9 Å². The summed E-state index contributed by atoms with van der Waals surface area (Å²) in [6.07, 6.45) is 2.99. The van der Waals surface area contributed by atoms with Gasteiger partial charge in [0.2, 0.25) is 0 Å². The molecule has 2 aliphatic heterocycles. The van der Waals surface area contributed by atoms with Crippen molar-refractivity contribution >= 4 is 15.9 Å². The maximum Gasteiger partial charge on any atom is 0.124 e. The van der Waals surface area contributed by atoms with Crippen LogP contribution in [0.2, 0.25) is 0 Å². The van der Waals surface area contributed by atoms with Crippen molar-refractivity contribution in [3.8, 4) is 5.75 Å². The van der Waals surface area contributed by atoms with E-state index in [1.807, 2.05) is 12.1 Å². The highest BCUT2D eigenvalue weighted by atomic mass is 79.9. The summed E-state index contributed by atoms with van der Waals surface area (Å²) in [7, 11) is 0. The zero-order valence-electron chi connectivity index (χ0n) is 10.5. The molecule has 1 fully saturated rings. The van der Waals surface area contributed by atoms with Gasteiger partial charge in [-0.05, 0) is 25.1 Å². The van der Waals surface area contributed by atoms with Crippen LogP contribution in [0.15, 0.2) is 22.7 Å². The topological polar surface area (TPSA) is 44.5 Å². The zero-order chi connectivity index (χ0) is 12.8. The van der Waals surface area contributed by atoms with Gasteiger partial charge in [-0.25, -0.2) is 0 Å². The van der Waals surface area contributed by atoms with E-state index in [0.29, 0.717) is 0 Å². The number of nitrogens with two attached hydrogens (primary N) is 1. The van der Waals surface area contributed by atoms with Crippen LogP contribution in [0.5, 0.6) is 5.75 Å². The fraction of sp³-hybridized carbons (Fsp3) is 0.571. The van der Waals surface area contributed by atoms with E-state index < -0.39 is 0 Å². The minimum atomic E-state index is -0.127. The van der Waals surface area contributed by atoms with Gasteiger partial charge in [0.15, 0.2) is 0 Å². The molecule has 0 amide bonds. The lowest BCUT2D eigenvalue weighted by molar-refractivity contribution is -0.0949. The van der Waals surface area contributed by atoms with Crippen LogP contribution in [0.4, 0.5) is 0 Å². The third kappa shape index (κ3) is 2.17. The molecular weight excluding hydrogens is 294 g/mol. The molecule has 0 aliphatic carbocycles. The second kappa shape index (κ2) is 4.51. The summed E-state index contributed by atoms with van der Waals surface area (Å²) in [5.74, 6) is 0.936. The quantitative estimate of drug-likeness (QED) is 0.800. The molecule has 0 radical (unpaired) electrons. The standard InChI is InChI=1S/C14H18BrNO2/c1-9-7-14(4-5-17-9)8-12(16)11-6-10(15)2-3-13(11)18-14/h2-3,6,9,12H,4-5,7-8,16H2,1H3. The first-order valence-electron chi connectivity index (χ1n) is 6.44. The number of hydrogen-bond acceptors (Lipinski definition) is 3. The Morgan fingerprint density at radius 2 is 2.22 bits per heavy atom. The molecule has 3 rings (SSSR count). The predicted octanol–water partition coefficient (Wildman–Crippen LogP) is 3.17. The molecule has 1 spiro atoms. The summed E-state index contributed by atoms with van der Waals surface area (Å²) in [6, 6.07) is 6.14. The molecule has 0 saturated carbocycles. The SMILES string of the molecule is CC1CC2(CCO1)CC(N)c1cc(Br)ccc1O2. The molecule has 2 aliphatic rings. The van der Waals surface area contributed by atoms with E-state index >= 15 is 0 Å². The molecule has 2 N–H and O–H groups in total. The van der Waals surface area contributed by atoms with Crippen LogP contribution in [0.25, 0.3) is 0 Å². The van der Waals surface area contributed by atoms with Crippen molar-refractivity contribution in [2.24, 2.45) is 5.73 Å². The van der Waals surface area contributed by atoms with Crippen molar-refractivity contribution in [2.45, 2.75) is 43.9 Å². The van der Waals surface area contributed by atoms with Crippen molar-refractivity contribution in [2.75, 3.05) is 6.61 Å². The third-order valence-electron chi connectivity index (χ3n) is 3.91. The monoisotopic (exact) mass is 311 g/mol. The Bertz CT molecular complexity index is 465. The van der Waals surface area contributed by atoms with E-state index in [0.717, 1.165) is 41.7 Å². The molecular formula is C14H18BrNO2. The van der Waals surface area contributed by atoms with Gasteiger partial charge in [0, 0.05) is 35.3 Å². The average Bonchev–Trinajstić information content (AvgIpc) is 2.30. The number of benzene rings is 1. The average molecular weight is 312 g/mol. The van der Waals surface area contributed by atoms with E-state index in [2.05, 4.69) is 28.9 Å². The molecule has 3 unspecified atom stereocenters. The van der Waals surface area contributed by atoms with Crippen LogP contribution in [0, 0.1) is 0 Å². The van der Waals surface area contributed by atoms with Crippen LogP contribution in [-0.4, -0.2) is 18.3 Å². The maximum absolute atomic E-state index is 6.32. The smallest absolute Gasteiger partial charge is 0.124 e. The van der Waals surface area contributed by atoms with Crippen LogP contribution in [0.1, 0.15) is 37.8 Å². The molecule has 2 heterocycles. The van der Waals surface area contributed by atoms with E-state index in [4.69, 9.17) is 15.2 Å². The molecule has 4 heteroatoms. The van der Waals surface area contributed by atoms with Gasteiger partial charge in [0.1, 0.15) is 11.4 Å². The number of fused-ring (bicyclic) bond motifs is 1. The minimum Gasteiger partial charge on any atom is -0.487 e. The highest BCUT2D eigenvalue weighted by Gasteiger charge is 2.43. The van der Waals surface area contributed by atoms with Crippen LogP contribution >= 0.6 is 15.9 Å². The Balaban J connectivity index is 1.93. The number of halogens is 1. The number of rotatable bonds is 0. The number of hydrogen-bond donors (Lipinski definition) is 1. The van der Waals surface area contributed by atoms with Crippen molar-refractivity contribution in [3.63, 3.8) is 0 Å². The Morgan fingerprint density at radius 1 is 1.39 bits per heavy atom. The van der Waals surface area contributed by atoms with Crippen molar-refractivity contribution < 1.29 is 9.47 Å². The molecule has 0 aromatic heterocycles. The fourth-order valence-electron chi connectivity index (χ4n) is 3.10. The highest BCUT2D eigenvalue weighted by Crippen LogP contribution is 2.44. The molecule has 3 nitrogen and oxygen atoms in total. The number of ether oxygens (including phenoxy) is 2. The summed E-state index contributed by atoms with van der Waals surface area (Å²) in [5.41, 5.74) is 7.30. The van der Waals surface area contributed by atoms with E-state index in [1.54, 1.807) is 0 Å². The molecule has 1 aromatic rings. The third-order valence-corrected chi connectivity index (χ3v) is 4.40. The van der Waals surface area contributed by atoms with Gasteiger partial charge < -0.3 is 15.2 Å². The molecule has 98 valence electrons. The van der Waals surface area contributed by atoms with Gasteiger partial charge in [-0.3, -0.25) is 0 Å².